The summed E-state index contributed by atoms with van der Waals surface area (Å²) in [5.74, 6) is 0.0834. The Kier molecular flexibility index (Phi) is 7.05. The van der Waals surface area contributed by atoms with Gasteiger partial charge in [-0.05, 0) is 24.6 Å². The smallest absolute Gasteiger partial charge is 0.237 e. The first-order valence-electron chi connectivity index (χ1n) is 4.76. The molecule has 0 radical (unpaired) electrons. The topological polar surface area (TPSA) is 54.0 Å². The van der Waals surface area contributed by atoms with Crippen LogP contribution in [-0.4, -0.2) is 23.5 Å². The lowest BCUT2D eigenvalue weighted by Gasteiger charge is -2.26. The van der Waals surface area contributed by atoms with Gasteiger partial charge in [-0.3, -0.25) is 9.78 Å². The highest BCUT2D eigenvalue weighted by Gasteiger charge is 2.23. The van der Waals surface area contributed by atoms with Gasteiger partial charge in [0.15, 0.2) is 0 Å². The van der Waals surface area contributed by atoms with E-state index in [1.165, 1.54) is 0 Å². The highest BCUT2D eigenvalue weighted by molar-refractivity contribution is 5.85. The minimum absolute atomic E-state index is 0. The van der Waals surface area contributed by atoms with Gasteiger partial charge < -0.3 is 10.6 Å². The van der Waals surface area contributed by atoms with E-state index in [4.69, 9.17) is 0 Å². The van der Waals surface area contributed by atoms with E-state index in [9.17, 15) is 4.79 Å². The monoisotopic (exact) mass is 263 g/mol. The summed E-state index contributed by atoms with van der Waals surface area (Å²) in [4.78, 5) is 15.4. The fourth-order valence-corrected chi connectivity index (χ4v) is 1.33. The van der Waals surface area contributed by atoms with E-state index >= 15 is 0 Å². The lowest BCUT2D eigenvalue weighted by molar-refractivity contribution is -0.124. The van der Waals surface area contributed by atoms with Gasteiger partial charge in [0.2, 0.25) is 5.91 Å². The van der Waals surface area contributed by atoms with Crippen molar-refractivity contribution in [2.75, 3.05) is 6.54 Å². The molecule has 1 atom stereocenters. The van der Waals surface area contributed by atoms with Crippen molar-refractivity contribution in [2.45, 2.75) is 19.0 Å². The van der Waals surface area contributed by atoms with Crippen LogP contribution in [0, 0.1) is 0 Å². The summed E-state index contributed by atoms with van der Waals surface area (Å²) in [5.41, 5.74) is 1.03. The first-order chi connectivity index (χ1) is 6.86. The number of hydrogen-bond donors (Lipinski definition) is 2. The molecule has 1 fully saturated rings. The maximum absolute atomic E-state index is 11.4. The minimum atomic E-state index is 0. The summed E-state index contributed by atoms with van der Waals surface area (Å²) in [7, 11) is 0. The van der Waals surface area contributed by atoms with Crippen LogP contribution in [0.15, 0.2) is 24.5 Å². The number of nitrogens with one attached hydrogen (secondary N) is 2. The largest absolute Gasteiger partial charge is 0.351 e. The van der Waals surface area contributed by atoms with Crippen LogP contribution < -0.4 is 10.6 Å². The Balaban J connectivity index is 0.00000112. The van der Waals surface area contributed by atoms with Crippen molar-refractivity contribution in [3.05, 3.63) is 30.1 Å². The zero-order valence-corrected chi connectivity index (χ0v) is 10.3. The predicted octanol–water partition coefficient (Wildman–Crippen LogP) is 0.903. The molecule has 1 aromatic heterocycles. The quantitative estimate of drug-likeness (QED) is 0.853. The molecule has 0 unspecified atom stereocenters. The first kappa shape index (κ1) is 15.2. The number of nitrogens with zero attached hydrogens (tertiary/aromatic N) is 1. The van der Waals surface area contributed by atoms with E-state index in [1.54, 1.807) is 12.4 Å². The predicted molar refractivity (Wildman–Crippen MR) is 67.0 cm³/mol. The average molecular weight is 264 g/mol. The van der Waals surface area contributed by atoms with Crippen LogP contribution in [0.1, 0.15) is 12.0 Å². The number of carbonyl (C=O) groups excluding carboxylic acids is 1. The molecule has 0 bridgehead atoms. The Bertz CT molecular complexity index is 317. The summed E-state index contributed by atoms with van der Waals surface area (Å²) in [6.07, 6.45) is 4.42. The van der Waals surface area contributed by atoms with E-state index in [0.29, 0.717) is 6.54 Å². The number of aromatic nitrogens is 1. The molecule has 1 saturated heterocycles. The molecule has 2 rings (SSSR count). The third-order valence-corrected chi connectivity index (χ3v) is 2.33. The fourth-order valence-electron chi connectivity index (χ4n) is 1.33. The number of pyridine rings is 1. The van der Waals surface area contributed by atoms with Crippen molar-refractivity contribution < 1.29 is 4.79 Å². The molecular formula is C10H15Cl2N3O. The Labute approximate surface area is 107 Å². The lowest BCUT2D eigenvalue weighted by Crippen LogP contribution is -2.52. The molecule has 90 valence electrons. The first-order valence-corrected chi connectivity index (χ1v) is 4.76. The zero-order valence-electron chi connectivity index (χ0n) is 8.68. The van der Waals surface area contributed by atoms with Crippen LogP contribution in [0.4, 0.5) is 0 Å². The Morgan fingerprint density at radius 1 is 1.56 bits per heavy atom. The Morgan fingerprint density at radius 3 is 2.81 bits per heavy atom. The van der Waals surface area contributed by atoms with Crippen molar-refractivity contribution >= 4 is 30.7 Å². The third-order valence-electron chi connectivity index (χ3n) is 2.33. The van der Waals surface area contributed by atoms with Gasteiger partial charge in [0, 0.05) is 18.9 Å². The van der Waals surface area contributed by atoms with Gasteiger partial charge in [-0.15, -0.1) is 24.8 Å². The molecule has 6 heteroatoms. The van der Waals surface area contributed by atoms with E-state index < -0.39 is 0 Å². The second-order valence-electron chi connectivity index (χ2n) is 3.37. The van der Waals surface area contributed by atoms with E-state index in [0.717, 1.165) is 18.5 Å². The molecular weight excluding hydrogens is 249 g/mol. The summed E-state index contributed by atoms with van der Waals surface area (Å²) in [6.45, 7) is 1.51. The van der Waals surface area contributed by atoms with Crippen molar-refractivity contribution in [1.29, 1.82) is 0 Å². The van der Waals surface area contributed by atoms with Crippen LogP contribution in [-0.2, 0) is 11.3 Å². The number of carbonyl (C=O) groups is 1. The highest BCUT2D eigenvalue weighted by Crippen LogP contribution is 2.02. The molecule has 4 nitrogen and oxygen atoms in total. The van der Waals surface area contributed by atoms with Crippen molar-refractivity contribution in [1.82, 2.24) is 15.6 Å². The molecule has 1 amide bonds. The molecule has 0 spiro atoms. The van der Waals surface area contributed by atoms with Crippen LogP contribution in [0.25, 0.3) is 0 Å². The van der Waals surface area contributed by atoms with E-state index in [1.807, 2.05) is 12.1 Å². The molecule has 2 N–H and O–H groups in total. The van der Waals surface area contributed by atoms with Crippen LogP contribution in [0.3, 0.4) is 0 Å². The molecule has 0 aromatic carbocycles. The number of rotatable bonds is 3. The van der Waals surface area contributed by atoms with Gasteiger partial charge in [0.1, 0.15) is 0 Å². The molecule has 1 aliphatic rings. The fraction of sp³-hybridized carbons (Fsp3) is 0.400. The molecule has 16 heavy (non-hydrogen) atoms. The van der Waals surface area contributed by atoms with Gasteiger partial charge >= 0.3 is 0 Å². The van der Waals surface area contributed by atoms with Gasteiger partial charge in [-0.2, -0.15) is 0 Å². The summed E-state index contributed by atoms with van der Waals surface area (Å²) in [5, 5.41) is 5.91. The number of halogens is 2. The summed E-state index contributed by atoms with van der Waals surface area (Å²) < 4.78 is 0. The van der Waals surface area contributed by atoms with E-state index in [2.05, 4.69) is 15.6 Å². The van der Waals surface area contributed by atoms with Gasteiger partial charge in [-0.25, -0.2) is 0 Å². The molecule has 0 aliphatic carbocycles. The maximum atomic E-state index is 11.4. The number of amides is 1. The second-order valence-corrected chi connectivity index (χ2v) is 3.37. The van der Waals surface area contributed by atoms with Crippen LogP contribution in [0.2, 0.25) is 0 Å². The Morgan fingerprint density at radius 2 is 2.31 bits per heavy atom. The van der Waals surface area contributed by atoms with Crippen molar-refractivity contribution in [3.8, 4) is 0 Å². The lowest BCUT2D eigenvalue weighted by atomic mass is 10.1. The number of hydrogen-bond acceptors (Lipinski definition) is 3. The van der Waals surface area contributed by atoms with Crippen LogP contribution >= 0.6 is 24.8 Å². The van der Waals surface area contributed by atoms with Gasteiger partial charge in [-0.1, -0.05) is 6.07 Å². The second kappa shape index (κ2) is 7.44. The molecule has 1 aliphatic heterocycles. The molecule has 1 aromatic rings. The normalized spacial score (nSPS) is 17.4. The summed E-state index contributed by atoms with van der Waals surface area (Å²) >= 11 is 0. The minimum Gasteiger partial charge on any atom is -0.351 e. The third kappa shape index (κ3) is 3.96. The van der Waals surface area contributed by atoms with Gasteiger partial charge in [0.25, 0.3) is 0 Å². The summed E-state index contributed by atoms with van der Waals surface area (Å²) in [6, 6.07) is 3.83. The standard InChI is InChI=1S/C10H13N3O.2ClH/c14-10(9-3-5-12-9)13-7-8-2-1-4-11-6-8;;/h1-2,4,6,9,12H,3,5,7H2,(H,13,14);2*1H/t9-;;/m1../s1. The van der Waals surface area contributed by atoms with E-state index in [-0.39, 0.29) is 36.8 Å². The zero-order chi connectivity index (χ0) is 9.80. The van der Waals surface area contributed by atoms with Gasteiger partial charge in [0.05, 0.1) is 6.04 Å². The SMILES string of the molecule is Cl.Cl.O=C(NCc1cccnc1)[C@H]1CCN1. The Hall–Kier alpha value is -0.840. The van der Waals surface area contributed by atoms with Crippen molar-refractivity contribution in [3.63, 3.8) is 0 Å². The highest BCUT2D eigenvalue weighted by atomic mass is 35.5. The van der Waals surface area contributed by atoms with Crippen LogP contribution in [0.5, 0.6) is 0 Å². The molecule has 2 heterocycles. The maximum Gasteiger partial charge on any atom is 0.237 e. The van der Waals surface area contributed by atoms with Crippen molar-refractivity contribution in [2.24, 2.45) is 0 Å². The molecule has 0 saturated carbocycles. The average Bonchev–Trinajstić information content (AvgIpc) is 2.14.